The third kappa shape index (κ3) is 4.65. The molecule has 3 aromatic carbocycles. The number of benzene rings is 3. The molecule has 0 heterocycles. The molecule has 0 radical (unpaired) electrons. The van der Waals surface area contributed by atoms with Gasteiger partial charge in [0.15, 0.2) is 0 Å². The smallest absolute Gasteiger partial charge is 0.210 e. The van der Waals surface area contributed by atoms with Crippen molar-refractivity contribution in [1.82, 2.24) is 0 Å². The van der Waals surface area contributed by atoms with Gasteiger partial charge >= 0.3 is 0 Å². The molecule has 0 bridgehead atoms. The van der Waals surface area contributed by atoms with Gasteiger partial charge in [0.25, 0.3) is 0 Å². The summed E-state index contributed by atoms with van der Waals surface area (Å²) in [6.07, 6.45) is 1.33. The molecule has 142 valence electrons. The molecule has 0 unspecified atom stereocenters. The van der Waals surface area contributed by atoms with Crippen LogP contribution < -0.4 is 0 Å². The van der Waals surface area contributed by atoms with E-state index < -0.39 is 15.6 Å². The van der Waals surface area contributed by atoms with Crippen molar-refractivity contribution in [3.8, 4) is 0 Å². The lowest BCUT2D eigenvalue weighted by Gasteiger charge is -2.10. The fourth-order valence-electron chi connectivity index (χ4n) is 2.46. The number of allylic oxidation sites excluding steroid dienone is 1. The minimum absolute atomic E-state index is 0.0283. The summed E-state index contributed by atoms with van der Waals surface area (Å²) in [5, 5.41) is 1.34. The van der Waals surface area contributed by atoms with Crippen molar-refractivity contribution in [3.05, 3.63) is 104 Å². The van der Waals surface area contributed by atoms with Gasteiger partial charge in [-0.25, -0.2) is 8.42 Å². The van der Waals surface area contributed by atoms with E-state index in [1.807, 2.05) is 0 Å². The topological polar surface area (TPSA) is 51.2 Å². The highest BCUT2D eigenvalue weighted by atomic mass is 35.5. The molecule has 0 aliphatic heterocycles. The molecule has 0 fully saturated rings. The van der Waals surface area contributed by atoms with Crippen molar-refractivity contribution in [2.75, 3.05) is 0 Å². The van der Waals surface area contributed by atoms with E-state index in [2.05, 4.69) is 0 Å². The first-order chi connectivity index (χ1) is 13.3. The summed E-state index contributed by atoms with van der Waals surface area (Å²) in [6, 6.07) is 18.2. The van der Waals surface area contributed by atoms with Crippen LogP contribution in [0, 0.1) is 0 Å². The van der Waals surface area contributed by atoms with Crippen LogP contribution in [-0.4, -0.2) is 14.2 Å². The van der Waals surface area contributed by atoms with Crippen LogP contribution in [-0.2, 0) is 9.84 Å². The van der Waals surface area contributed by atoms with E-state index in [9.17, 15) is 13.2 Å². The molecular formula is C21H13Cl3O3S. The van der Waals surface area contributed by atoms with Gasteiger partial charge in [-0.05, 0) is 72.3 Å². The maximum atomic E-state index is 13.2. The van der Waals surface area contributed by atoms with Crippen LogP contribution in [0.2, 0.25) is 15.1 Å². The Morgan fingerprint density at radius 3 is 1.61 bits per heavy atom. The highest BCUT2D eigenvalue weighted by Gasteiger charge is 2.28. The molecule has 0 aromatic heterocycles. The molecule has 0 amide bonds. The second-order valence-corrected chi connectivity index (χ2v) is 9.08. The van der Waals surface area contributed by atoms with Gasteiger partial charge in [0, 0.05) is 20.6 Å². The summed E-state index contributed by atoms with van der Waals surface area (Å²) in [6.45, 7) is 0. The first-order valence-electron chi connectivity index (χ1n) is 8.05. The fraction of sp³-hybridized carbons (Fsp3) is 0. The van der Waals surface area contributed by atoms with Crippen molar-refractivity contribution >= 4 is 56.5 Å². The van der Waals surface area contributed by atoms with Crippen LogP contribution in [0.5, 0.6) is 0 Å². The molecule has 0 atom stereocenters. The second kappa shape index (κ2) is 8.50. The Balaban J connectivity index is 2.16. The predicted molar refractivity (Wildman–Crippen MR) is 114 cm³/mol. The summed E-state index contributed by atoms with van der Waals surface area (Å²) in [5.41, 5.74) is 0.737. The van der Waals surface area contributed by atoms with Gasteiger partial charge < -0.3 is 0 Å². The van der Waals surface area contributed by atoms with Gasteiger partial charge in [-0.1, -0.05) is 46.9 Å². The van der Waals surface area contributed by atoms with Gasteiger partial charge in [0.2, 0.25) is 15.6 Å². The maximum Gasteiger partial charge on any atom is 0.210 e. The molecular weight excluding hydrogens is 439 g/mol. The first-order valence-corrected chi connectivity index (χ1v) is 10.7. The summed E-state index contributed by atoms with van der Waals surface area (Å²) in [4.78, 5) is 12.7. The van der Waals surface area contributed by atoms with Crippen molar-refractivity contribution in [1.29, 1.82) is 0 Å². The fourth-order valence-corrected chi connectivity index (χ4v) is 4.24. The third-order valence-corrected chi connectivity index (χ3v) is 6.44. The Morgan fingerprint density at radius 1 is 0.679 bits per heavy atom. The van der Waals surface area contributed by atoms with E-state index in [0.717, 1.165) is 0 Å². The van der Waals surface area contributed by atoms with Crippen LogP contribution in [0.15, 0.2) is 82.6 Å². The Hall–Kier alpha value is -2.11. The largest absolute Gasteiger partial charge is 0.288 e. The van der Waals surface area contributed by atoms with E-state index >= 15 is 0 Å². The van der Waals surface area contributed by atoms with Crippen molar-refractivity contribution in [2.45, 2.75) is 4.90 Å². The normalized spacial score (nSPS) is 12.0. The van der Waals surface area contributed by atoms with Gasteiger partial charge in [0.05, 0.1) is 4.90 Å². The van der Waals surface area contributed by atoms with Crippen molar-refractivity contribution in [2.24, 2.45) is 0 Å². The minimum atomic E-state index is -4.10. The van der Waals surface area contributed by atoms with Crippen LogP contribution in [0.25, 0.3) is 6.08 Å². The Morgan fingerprint density at radius 2 is 1.11 bits per heavy atom. The van der Waals surface area contributed by atoms with Gasteiger partial charge in [-0.2, -0.15) is 0 Å². The number of hydrogen-bond acceptors (Lipinski definition) is 3. The molecule has 0 N–H and O–H groups in total. The summed E-state index contributed by atoms with van der Waals surface area (Å²) in [7, 11) is -4.10. The molecule has 0 saturated carbocycles. The van der Waals surface area contributed by atoms with Crippen LogP contribution >= 0.6 is 34.8 Å². The van der Waals surface area contributed by atoms with Gasteiger partial charge in [-0.15, -0.1) is 0 Å². The van der Waals surface area contributed by atoms with E-state index in [0.29, 0.717) is 20.6 Å². The van der Waals surface area contributed by atoms with Crippen molar-refractivity contribution in [3.63, 3.8) is 0 Å². The molecule has 0 spiro atoms. The highest BCUT2D eigenvalue weighted by Crippen LogP contribution is 2.27. The quantitative estimate of drug-likeness (QED) is 0.336. The zero-order chi connectivity index (χ0) is 20.3. The van der Waals surface area contributed by atoms with Gasteiger partial charge in [0.1, 0.15) is 4.91 Å². The Labute approximate surface area is 178 Å². The first kappa shape index (κ1) is 20.6. The second-order valence-electron chi connectivity index (χ2n) is 5.85. The molecule has 7 heteroatoms. The van der Waals surface area contributed by atoms with E-state index in [4.69, 9.17) is 34.8 Å². The molecule has 3 nitrogen and oxygen atoms in total. The van der Waals surface area contributed by atoms with E-state index in [-0.39, 0.29) is 15.4 Å². The summed E-state index contributed by atoms with van der Waals surface area (Å²) >= 11 is 17.6. The molecule has 0 aliphatic carbocycles. The monoisotopic (exact) mass is 450 g/mol. The van der Waals surface area contributed by atoms with E-state index in [1.54, 1.807) is 24.3 Å². The lowest BCUT2D eigenvalue weighted by Crippen LogP contribution is -2.14. The van der Waals surface area contributed by atoms with Crippen LogP contribution in [0.1, 0.15) is 15.9 Å². The Kier molecular flexibility index (Phi) is 6.26. The number of hydrogen-bond donors (Lipinski definition) is 0. The molecule has 0 saturated heterocycles. The van der Waals surface area contributed by atoms with Crippen molar-refractivity contribution < 1.29 is 13.2 Å². The van der Waals surface area contributed by atoms with Gasteiger partial charge in [-0.3, -0.25) is 4.79 Å². The van der Waals surface area contributed by atoms with Crippen LogP contribution in [0.3, 0.4) is 0 Å². The number of halogens is 3. The average Bonchev–Trinajstić information content (AvgIpc) is 2.68. The zero-order valence-electron chi connectivity index (χ0n) is 14.3. The lowest BCUT2D eigenvalue weighted by atomic mass is 10.1. The predicted octanol–water partition coefficient (Wildman–Crippen LogP) is 6.34. The number of rotatable bonds is 5. The third-order valence-electron chi connectivity index (χ3n) is 3.91. The number of sulfone groups is 1. The number of carbonyl (C=O) groups excluding carboxylic acids is 1. The SMILES string of the molecule is O=C(/C(=C\c1ccc(Cl)cc1)S(=O)(=O)c1ccc(Cl)cc1)c1ccc(Cl)cc1. The Bertz CT molecular complexity index is 1130. The highest BCUT2D eigenvalue weighted by molar-refractivity contribution is 7.96. The van der Waals surface area contributed by atoms with E-state index in [1.165, 1.54) is 54.6 Å². The number of carbonyl (C=O) groups is 1. The number of ketones is 1. The molecule has 3 aromatic rings. The number of Topliss-reactive ketones (excluding diaryl/α,β-unsaturated/α-hetero) is 1. The lowest BCUT2D eigenvalue weighted by molar-refractivity contribution is 0.104. The zero-order valence-corrected chi connectivity index (χ0v) is 17.4. The average molecular weight is 452 g/mol. The standard InChI is InChI=1S/C21H13Cl3O3S/c22-16-5-1-14(2-6-16)13-20(21(25)15-3-7-17(23)8-4-15)28(26,27)19-11-9-18(24)10-12-19/h1-13H/b20-13+. The molecule has 28 heavy (non-hydrogen) atoms. The summed E-state index contributed by atoms with van der Waals surface area (Å²) in [5.74, 6) is -0.637. The maximum absolute atomic E-state index is 13.2. The molecule has 0 aliphatic rings. The summed E-state index contributed by atoms with van der Waals surface area (Å²) < 4.78 is 26.4. The van der Waals surface area contributed by atoms with Crippen LogP contribution in [0.4, 0.5) is 0 Å². The minimum Gasteiger partial charge on any atom is -0.288 e. The molecule has 3 rings (SSSR count).